The average Bonchev–Trinajstić information content (AvgIpc) is 2.65. The topological polar surface area (TPSA) is 58.1 Å². The third kappa shape index (κ3) is 2.91. The zero-order valence-electron chi connectivity index (χ0n) is 14.8. The molecule has 5 heteroatoms. The summed E-state index contributed by atoms with van der Waals surface area (Å²) >= 11 is 0. The smallest absolute Gasteiger partial charge is 0.225 e. The maximum atomic E-state index is 12.9. The minimum Gasteiger partial charge on any atom is -0.353 e. The van der Waals surface area contributed by atoms with E-state index in [0.29, 0.717) is 11.9 Å². The molecule has 25 heavy (non-hydrogen) atoms. The molecule has 6 rings (SSSR count). The molecule has 2 heterocycles. The second kappa shape index (κ2) is 6.26. The lowest BCUT2D eigenvalue weighted by atomic mass is 9.54. The maximum Gasteiger partial charge on any atom is 0.225 e. The van der Waals surface area contributed by atoms with Gasteiger partial charge in [-0.05, 0) is 74.7 Å². The largest absolute Gasteiger partial charge is 0.353 e. The summed E-state index contributed by atoms with van der Waals surface area (Å²) < 4.78 is 0. The van der Waals surface area contributed by atoms with Gasteiger partial charge in [-0.15, -0.1) is 0 Å². The predicted octanol–water partition coefficient (Wildman–Crippen LogP) is 2.63. The van der Waals surface area contributed by atoms with Gasteiger partial charge in [-0.3, -0.25) is 4.79 Å². The molecule has 4 bridgehead atoms. The highest BCUT2D eigenvalue weighted by Crippen LogP contribution is 2.53. The van der Waals surface area contributed by atoms with Gasteiger partial charge in [-0.1, -0.05) is 0 Å². The molecule has 0 spiro atoms. The van der Waals surface area contributed by atoms with Crippen LogP contribution in [0.3, 0.4) is 0 Å². The summed E-state index contributed by atoms with van der Waals surface area (Å²) in [6.45, 7) is 1.76. The summed E-state index contributed by atoms with van der Waals surface area (Å²) in [4.78, 5) is 23.7. The van der Waals surface area contributed by atoms with E-state index in [1.54, 1.807) is 12.4 Å². The number of carbonyl (C=O) groups excluding carboxylic acids is 1. The molecule has 1 N–H and O–H groups in total. The van der Waals surface area contributed by atoms with Crippen LogP contribution in [0, 0.1) is 29.6 Å². The van der Waals surface area contributed by atoms with Gasteiger partial charge in [-0.2, -0.15) is 0 Å². The fraction of sp³-hybridized carbons (Fsp3) is 0.750. The number of nitrogens with zero attached hydrogens (tertiary/aromatic N) is 3. The highest BCUT2D eigenvalue weighted by Gasteiger charge is 2.48. The zero-order valence-corrected chi connectivity index (χ0v) is 14.8. The molecule has 0 atom stereocenters. The third-order valence-corrected chi connectivity index (χ3v) is 7.24. The van der Waals surface area contributed by atoms with Crippen LogP contribution in [-0.4, -0.2) is 35.0 Å². The number of rotatable bonds is 3. The molecule has 1 amide bonds. The van der Waals surface area contributed by atoms with Gasteiger partial charge in [0.1, 0.15) is 0 Å². The first kappa shape index (κ1) is 15.6. The lowest BCUT2D eigenvalue weighted by molar-refractivity contribution is -0.129. The van der Waals surface area contributed by atoms with E-state index in [-0.39, 0.29) is 5.92 Å². The number of anilines is 1. The molecule has 1 saturated heterocycles. The molecule has 0 radical (unpaired) electrons. The van der Waals surface area contributed by atoms with E-state index in [4.69, 9.17) is 0 Å². The molecule has 0 aromatic carbocycles. The van der Waals surface area contributed by atoms with E-state index >= 15 is 0 Å². The van der Waals surface area contributed by atoms with Crippen LogP contribution in [0.15, 0.2) is 18.5 Å². The van der Waals surface area contributed by atoms with Crippen molar-refractivity contribution >= 4 is 11.9 Å². The minimum atomic E-state index is 0.164. The summed E-state index contributed by atoms with van der Waals surface area (Å²) in [5.41, 5.74) is 0. The molecule has 1 aromatic heterocycles. The van der Waals surface area contributed by atoms with Crippen molar-refractivity contribution in [1.82, 2.24) is 15.3 Å². The Morgan fingerprint density at radius 2 is 1.56 bits per heavy atom. The average molecular weight is 340 g/mol. The molecule has 0 unspecified atom stereocenters. The number of amides is 1. The normalized spacial score (nSPS) is 37.3. The van der Waals surface area contributed by atoms with Crippen molar-refractivity contribution in [2.24, 2.45) is 29.6 Å². The number of hydrogen-bond donors (Lipinski definition) is 1. The molecule has 5 fully saturated rings. The van der Waals surface area contributed by atoms with Gasteiger partial charge < -0.3 is 10.2 Å². The molecule has 1 aliphatic heterocycles. The SMILES string of the molecule is O=C(NC1C2CC3CC(C2)CC1C3)C1CCN(c2ncccn2)CC1. The van der Waals surface area contributed by atoms with Crippen molar-refractivity contribution in [3.05, 3.63) is 18.5 Å². The van der Waals surface area contributed by atoms with Gasteiger partial charge in [0.25, 0.3) is 0 Å². The Bertz CT molecular complexity index is 598. The van der Waals surface area contributed by atoms with Crippen molar-refractivity contribution in [1.29, 1.82) is 0 Å². The van der Waals surface area contributed by atoms with Crippen LogP contribution in [0.5, 0.6) is 0 Å². The van der Waals surface area contributed by atoms with Gasteiger partial charge in [0.15, 0.2) is 0 Å². The van der Waals surface area contributed by atoms with Crippen molar-refractivity contribution in [3.8, 4) is 0 Å². The number of aromatic nitrogens is 2. The van der Waals surface area contributed by atoms with Gasteiger partial charge in [0.2, 0.25) is 11.9 Å². The molecule has 4 saturated carbocycles. The summed E-state index contributed by atoms with van der Waals surface area (Å²) in [5, 5.41) is 3.50. The van der Waals surface area contributed by atoms with Gasteiger partial charge >= 0.3 is 0 Å². The molecular formula is C20H28N4O. The second-order valence-electron chi connectivity index (χ2n) is 8.78. The van der Waals surface area contributed by atoms with E-state index in [0.717, 1.165) is 55.6 Å². The van der Waals surface area contributed by atoms with Gasteiger partial charge in [0, 0.05) is 37.4 Å². The van der Waals surface area contributed by atoms with E-state index in [1.165, 1.54) is 32.1 Å². The first-order chi connectivity index (χ1) is 12.3. The first-order valence-corrected chi connectivity index (χ1v) is 10.1. The van der Waals surface area contributed by atoms with Gasteiger partial charge in [0.05, 0.1) is 0 Å². The van der Waals surface area contributed by atoms with Gasteiger partial charge in [-0.25, -0.2) is 9.97 Å². The molecular weight excluding hydrogens is 312 g/mol. The van der Waals surface area contributed by atoms with Crippen LogP contribution in [0.2, 0.25) is 0 Å². The Balaban J connectivity index is 1.18. The second-order valence-corrected chi connectivity index (χ2v) is 8.78. The molecule has 5 aliphatic rings. The highest BCUT2D eigenvalue weighted by atomic mass is 16.2. The standard InChI is InChI=1S/C20H28N4O/c25-19(15-2-6-24(7-3-15)20-21-4-1-5-22-20)23-18-16-9-13-8-14(11-16)12-17(18)10-13/h1,4-5,13-18H,2-3,6-12H2,(H,23,25). The molecule has 1 aromatic rings. The lowest BCUT2D eigenvalue weighted by Crippen LogP contribution is -2.57. The summed E-state index contributed by atoms with van der Waals surface area (Å²) in [6, 6.07) is 2.31. The zero-order chi connectivity index (χ0) is 16.8. The van der Waals surface area contributed by atoms with E-state index in [2.05, 4.69) is 20.2 Å². The van der Waals surface area contributed by atoms with Crippen LogP contribution in [0.1, 0.15) is 44.9 Å². The number of nitrogens with one attached hydrogen (secondary N) is 1. The number of hydrogen-bond acceptors (Lipinski definition) is 4. The van der Waals surface area contributed by atoms with Crippen LogP contribution in [0.4, 0.5) is 5.95 Å². The Morgan fingerprint density at radius 3 is 2.16 bits per heavy atom. The van der Waals surface area contributed by atoms with Crippen molar-refractivity contribution in [3.63, 3.8) is 0 Å². The maximum absolute atomic E-state index is 12.9. The molecule has 5 nitrogen and oxygen atoms in total. The first-order valence-electron chi connectivity index (χ1n) is 10.1. The van der Waals surface area contributed by atoms with Crippen LogP contribution in [0.25, 0.3) is 0 Å². The van der Waals surface area contributed by atoms with Crippen LogP contribution < -0.4 is 10.2 Å². The summed E-state index contributed by atoms with van der Waals surface area (Å²) in [5.74, 6) is 4.72. The Morgan fingerprint density at radius 1 is 0.960 bits per heavy atom. The van der Waals surface area contributed by atoms with Crippen molar-refractivity contribution in [2.75, 3.05) is 18.0 Å². The van der Waals surface area contributed by atoms with Crippen LogP contribution in [-0.2, 0) is 4.79 Å². The quantitative estimate of drug-likeness (QED) is 0.919. The Labute approximate surface area is 149 Å². The predicted molar refractivity (Wildman–Crippen MR) is 95.9 cm³/mol. The van der Waals surface area contributed by atoms with Crippen LogP contribution >= 0.6 is 0 Å². The number of piperidine rings is 1. The summed E-state index contributed by atoms with van der Waals surface area (Å²) in [6.07, 6.45) is 12.3. The summed E-state index contributed by atoms with van der Waals surface area (Å²) in [7, 11) is 0. The third-order valence-electron chi connectivity index (χ3n) is 7.24. The van der Waals surface area contributed by atoms with E-state index in [1.807, 2.05) is 6.07 Å². The molecule has 4 aliphatic carbocycles. The lowest BCUT2D eigenvalue weighted by Gasteiger charge is -2.54. The van der Waals surface area contributed by atoms with Crippen molar-refractivity contribution in [2.45, 2.75) is 51.0 Å². The Hall–Kier alpha value is -1.65. The number of carbonyl (C=O) groups is 1. The fourth-order valence-electron chi connectivity index (χ4n) is 6.24. The van der Waals surface area contributed by atoms with Crippen molar-refractivity contribution < 1.29 is 4.79 Å². The minimum absolute atomic E-state index is 0.164. The van der Waals surface area contributed by atoms with E-state index in [9.17, 15) is 4.79 Å². The highest BCUT2D eigenvalue weighted by molar-refractivity contribution is 5.79. The van der Waals surface area contributed by atoms with E-state index < -0.39 is 0 Å². The monoisotopic (exact) mass is 340 g/mol. The molecule has 134 valence electrons. The Kier molecular flexibility index (Phi) is 3.90. The fourth-order valence-corrected chi connectivity index (χ4v) is 6.24.